The molecule has 0 radical (unpaired) electrons. The maximum atomic E-state index is 12.9. The number of rotatable bonds is 11. The Kier molecular flexibility index (Phi) is 10.1. The molecular formula is C33H36F3N5O4S. The van der Waals surface area contributed by atoms with Gasteiger partial charge in [0.05, 0.1) is 17.4 Å². The summed E-state index contributed by atoms with van der Waals surface area (Å²) in [5, 5.41) is 27.1. The average molecular weight is 656 g/mol. The van der Waals surface area contributed by atoms with Gasteiger partial charge in [0.15, 0.2) is 0 Å². The summed E-state index contributed by atoms with van der Waals surface area (Å²) >= 11 is 1.11. The standard InChI is InChI=1S/C33H36F3N5O4S/c1-2-4-22-16-26(40-31-27(22)28(37)29(46-31)32(44)45)41-13-11-24(12-14-41)38-18-25(42)20-7-9-21(10-8-20)30(43)39-17-19-5-3-6-23(15-19)33(34,35)36/h3,5-10,15-16,24-25,38,42H,2,4,11-14,17-18,37H2,1H3,(H,39,43)(H,44,45). The number of anilines is 2. The summed E-state index contributed by atoms with van der Waals surface area (Å²) in [7, 11) is 0. The van der Waals surface area contributed by atoms with Gasteiger partial charge in [-0.2, -0.15) is 13.2 Å². The van der Waals surface area contributed by atoms with Gasteiger partial charge in [0.25, 0.3) is 5.91 Å². The van der Waals surface area contributed by atoms with E-state index in [1.807, 2.05) is 6.07 Å². The van der Waals surface area contributed by atoms with Gasteiger partial charge in [0.1, 0.15) is 15.5 Å². The van der Waals surface area contributed by atoms with E-state index >= 15 is 0 Å². The number of carboxylic acids is 1. The van der Waals surface area contributed by atoms with Crippen LogP contribution in [0.5, 0.6) is 0 Å². The number of carbonyl (C=O) groups is 2. The van der Waals surface area contributed by atoms with Crippen molar-refractivity contribution >= 4 is 44.9 Å². The van der Waals surface area contributed by atoms with E-state index in [1.54, 1.807) is 24.3 Å². The summed E-state index contributed by atoms with van der Waals surface area (Å²) in [4.78, 5) is 31.9. The molecule has 4 aromatic rings. The quantitative estimate of drug-likeness (QED) is 0.137. The highest BCUT2D eigenvalue weighted by Gasteiger charge is 2.30. The van der Waals surface area contributed by atoms with Crippen LogP contribution in [0.2, 0.25) is 0 Å². The van der Waals surface area contributed by atoms with Crippen LogP contribution < -0.4 is 21.3 Å². The molecule has 244 valence electrons. The highest BCUT2D eigenvalue weighted by Crippen LogP contribution is 2.38. The van der Waals surface area contributed by atoms with Gasteiger partial charge in [-0.05, 0) is 66.3 Å². The van der Waals surface area contributed by atoms with Crippen LogP contribution in [0, 0.1) is 0 Å². The maximum absolute atomic E-state index is 12.9. The summed E-state index contributed by atoms with van der Waals surface area (Å²) in [5.74, 6) is -0.664. The Balaban J connectivity index is 1.12. The minimum absolute atomic E-state index is 0.0469. The number of carboxylic acid groups (broad SMARTS) is 1. The number of piperidine rings is 1. The Labute approximate surface area is 268 Å². The number of halogens is 3. The fourth-order valence-corrected chi connectivity index (χ4v) is 6.65. The van der Waals surface area contributed by atoms with Crippen molar-refractivity contribution in [3.8, 4) is 0 Å². The van der Waals surface area contributed by atoms with Gasteiger partial charge in [0, 0.05) is 43.2 Å². The number of carbonyl (C=O) groups excluding carboxylic acids is 1. The van der Waals surface area contributed by atoms with Crippen LogP contribution in [-0.2, 0) is 19.1 Å². The van der Waals surface area contributed by atoms with Crippen LogP contribution in [0.1, 0.15) is 74.6 Å². The molecule has 2 aromatic heterocycles. The first-order valence-electron chi connectivity index (χ1n) is 15.1. The lowest BCUT2D eigenvalue weighted by molar-refractivity contribution is -0.137. The summed E-state index contributed by atoms with van der Waals surface area (Å²) in [6.45, 7) is 3.83. The number of fused-ring (bicyclic) bond motifs is 1. The van der Waals surface area contributed by atoms with Crippen LogP contribution >= 0.6 is 11.3 Å². The number of nitrogens with one attached hydrogen (secondary N) is 2. The SMILES string of the molecule is CCCc1cc(N2CCC(NCC(O)c3ccc(C(=O)NCc4cccc(C(F)(F)F)c4)cc3)CC2)nc2sc(C(=O)O)c(N)c12. The van der Waals surface area contributed by atoms with Gasteiger partial charge >= 0.3 is 12.1 Å². The smallest absolute Gasteiger partial charge is 0.416 e. The minimum atomic E-state index is -4.45. The van der Waals surface area contributed by atoms with Gasteiger partial charge in [-0.15, -0.1) is 11.3 Å². The second-order valence-corrected chi connectivity index (χ2v) is 12.4. The predicted octanol–water partition coefficient (Wildman–Crippen LogP) is 5.77. The summed E-state index contributed by atoms with van der Waals surface area (Å²) < 4.78 is 38.8. The minimum Gasteiger partial charge on any atom is -0.477 e. The lowest BCUT2D eigenvalue weighted by Gasteiger charge is -2.34. The zero-order valence-electron chi connectivity index (χ0n) is 25.2. The van der Waals surface area contributed by atoms with Gasteiger partial charge < -0.3 is 31.5 Å². The Hall–Kier alpha value is -4.20. The monoisotopic (exact) mass is 655 g/mol. The number of nitrogens with zero attached hydrogens (tertiary/aromatic N) is 2. The first-order chi connectivity index (χ1) is 21.9. The number of nitrogens with two attached hydrogens (primary N) is 1. The average Bonchev–Trinajstić information content (AvgIpc) is 3.39. The van der Waals surface area contributed by atoms with E-state index in [2.05, 4.69) is 22.5 Å². The van der Waals surface area contributed by atoms with E-state index in [4.69, 9.17) is 10.7 Å². The number of benzene rings is 2. The number of nitrogen functional groups attached to an aromatic ring is 1. The number of hydrogen-bond donors (Lipinski definition) is 5. The number of aliphatic hydroxyl groups excluding tert-OH is 1. The first-order valence-corrected chi connectivity index (χ1v) is 15.9. The highest BCUT2D eigenvalue weighted by atomic mass is 32.1. The molecule has 5 rings (SSSR count). The third-order valence-corrected chi connectivity index (χ3v) is 9.25. The molecule has 0 saturated carbocycles. The first kappa shape index (κ1) is 33.2. The maximum Gasteiger partial charge on any atom is 0.416 e. The third-order valence-electron chi connectivity index (χ3n) is 8.16. The van der Waals surface area contributed by atoms with Crippen LogP contribution in [-0.4, -0.2) is 52.7 Å². The van der Waals surface area contributed by atoms with Gasteiger partial charge in [-0.25, -0.2) is 9.78 Å². The number of amides is 1. The highest BCUT2D eigenvalue weighted by molar-refractivity contribution is 7.21. The number of aryl methyl sites for hydroxylation is 1. The van der Waals surface area contributed by atoms with Gasteiger partial charge in [0.2, 0.25) is 0 Å². The fraction of sp³-hybridized carbons (Fsp3) is 0.364. The van der Waals surface area contributed by atoms with E-state index in [0.29, 0.717) is 28.1 Å². The van der Waals surface area contributed by atoms with Crippen molar-refractivity contribution in [3.05, 3.63) is 87.3 Å². The largest absolute Gasteiger partial charge is 0.477 e. The number of thiophene rings is 1. The predicted molar refractivity (Wildman–Crippen MR) is 172 cm³/mol. The van der Waals surface area contributed by atoms with E-state index in [9.17, 15) is 33.0 Å². The molecule has 46 heavy (non-hydrogen) atoms. The van der Waals surface area contributed by atoms with Crippen molar-refractivity contribution in [2.75, 3.05) is 30.3 Å². The molecule has 13 heteroatoms. The van der Waals surface area contributed by atoms with E-state index in [0.717, 1.165) is 79.0 Å². The topological polar surface area (TPSA) is 141 Å². The summed E-state index contributed by atoms with van der Waals surface area (Å²) in [6, 6.07) is 13.5. The summed E-state index contributed by atoms with van der Waals surface area (Å²) in [6.07, 6.45) is -1.93. The number of aliphatic hydroxyl groups is 1. The second kappa shape index (κ2) is 14.1. The van der Waals surface area contributed by atoms with E-state index in [1.165, 1.54) is 12.1 Å². The molecule has 1 aliphatic rings. The zero-order chi connectivity index (χ0) is 33.0. The molecule has 0 aliphatic carbocycles. The molecule has 1 saturated heterocycles. The molecule has 2 aromatic carbocycles. The molecule has 3 heterocycles. The van der Waals surface area contributed by atoms with Crippen LogP contribution in [0.15, 0.2) is 54.6 Å². The van der Waals surface area contributed by atoms with Gasteiger partial charge in [-0.3, -0.25) is 4.79 Å². The molecule has 1 aliphatic heterocycles. The second-order valence-electron chi connectivity index (χ2n) is 11.4. The van der Waals surface area contributed by atoms with E-state index < -0.39 is 29.7 Å². The number of aromatic carboxylic acids is 1. The third kappa shape index (κ3) is 7.60. The number of alkyl halides is 3. The fourth-order valence-electron chi connectivity index (χ4n) is 5.68. The molecule has 6 N–H and O–H groups in total. The normalized spacial score (nSPS) is 14.8. The lowest BCUT2D eigenvalue weighted by Crippen LogP contribution is -2.44. The van der Waals surface area contributed by atoms with Crippen molar-refractivity contribution in [1.29, 1.82) is 0 Å². The molecule has 0 bridgehead atoms. The molecular weight excluding hydrogens is 619 g/mol. The van der Waals surface area contributed by atoms with Crippen molar-refractivity contribution in [2.24, 2.45) is 0 Å². The molecule has 1 unspecified atom stereocenters. The molecule has 1 amide bonds. The molecule has 0 spiro atoms. The summed E-state index contributed by atoms with van der Waals surface area (Å²) in [5.41, 5.74) is 8.01. The Bertz CT molecular complexity index is 1700. The van der Waals surface area contributed by atoms with Crippen molar-refractivity contribution in [2.45, 2.75) is 57.5 Å². The van der Waals surface area contributed by atoms with E-state index in [-0.39, 0.29) is 23.2 Å². The molecule has 1 fully saturated rings. The number of hydrogen-bond acceptors (Lipinski definition) is 8. The van der Waals surface area contributed by atoms with Crippen LogP contribution in [0.3, 0.4) is 0 Å². The number of pyridine rings is 1. The molecule has 1 atom stereocenters. The van der Waals surface area contributed by atoms with Crippen molar-refractivity contribution < 1.29 is 33.0 Å². The molecule has 9 nitrogen and oxygen atoms in total. The van der Waals surface area contributed by atoms with Gasteiger partial charge in [-0.1, -0.05) is 37.6 Å². The van der Waals surface area contributed by atoms with Crippen molar-refractivity contribution in [1.82, 2.24) is 15.6 Å². The Morgan fingerprint density at radius 2 is 1.85 bits per heavy atom. The zero-order valence-corrected chi connectivity index (χ0v) is 26.0. The van der Waals surface area contributed by atoms with Crippen molar-refractivity contribution in [3.63, 3.8) is 0 Å². The number of aromatic nitrogens is 1. The van der Waals surface area contributed by atoms with Crippen LogP contribution in [0.4, 0.5) is 24.7 Å². The lowest BCUT2D eigenvalue weighted by atomic mass is 10.0. The van der Waals surface area contributed by atoms with Crippen LogP contribution in [0.25, 0.3) is 10.2 Å². The Morgan fingerprint density at radius 3 is 2.50 bits per heavy atom. The Morgan fingerprint density at radius 1 is 1.13 bits per heavy atom.